The Morgan fingerprint density at radius 3 is 2.56 bits per heavy atom. The molecule has 0 aliphatic carbocycles. The lowest BCUT2D eigenvalue weighted by molar-refractivity contribution is -0.114. The quantitative estimate of drug-likeness (QED) is 0.509. The lowest BCUT2D eigenvalue weighted by Crippen LogP contribution is -2.22. The largest absolute Gasteiger partial charge is 0.495 e. The van der Waals surface area contributed by atoms with Gasteiger partial charge in [-0.3, -0.25) is 4.79 Å². The molecule has 3 rings (SSSR count). The molecule has 9 nitrogen and oxygen atoms in total. The van der Waals surface area contributed by atoms with E-state index in [1.165, 1.54) is 25.3 Å². The van der Waals surface area contributed by atoms with Crippen LogP contribution in [0.2, 0.25) is 0 Å². The number of rotatable bonds is 9. The van der Waals surface area contributed by atoms with E-state index in [0.29, 0.717) is 29.2 Å². The summed E-state index contributed by atoms with van der Waals surface area (Å²) in [5.41, 5.74) is 2.86. The fourth-order valence-electron chi connectivity index (χ4n) is 3.44. The number of hydrogen-bond donors (Lipinski definition) is 2. The number of fused-ring (bicyclic) bond motifs is 1. The summed E-state index contributed by atoms with van der Waals surface area (Å²) in [4.78, 5) is 16.3. The normalized spacial score (nSPS) is 11.7. The van der Waals surface area contributed by atoms with E-state index in [4.69, 9.17) is 9.72 Å². The summed E-state index contributed by atoms with van der Waals surface area (Å²) in [6.45, 7) is 4.67. The molecule has 0 atom stereocenters. The average Bonchev–Trinajstić information content (AvgIpc) is 3.09. The molecule has 1 aromatic heterocycles. The summed E-state index contributed by atoms with van der Waals surface area (Å²) >= 11 is 0. The Balaban J connectivity index is 1.96. The van der Waals surface area contributed by atoms with E-state index in [-0.39, 0.29) is 10.8 Å². The summed E-state index contributed by atoms with van der Waals surface area (Å²) in [7, 11) is 1.05. The van der Waals surface area contributed by atoms with E-state index in [1.807, 2.05) is 0 Å². The molecule has 0 saturated carbocycles. The predicted octanol–water partition coefficient (Wildman–Crippen LogP) is 3.28. The van der Waals surface area contributed by atoms with Crippen molar-refractivity contribution >= 4 is 38.3 Å². The van der Waals surface area contributed by atoms with Crippen LogP contribution < -0.4 is 15.4 Å². The Labute approximate surface area is 188 Å². The SMILES string of the molecule is CCCn1c(CNc2cc(NC(C)=O)ccc2OC)nc2cc(S(=O)(=O)N(C)C)ccc21. The number of carbonyl (C=O) groups is 1. The van der Waals surface area contributed by atoms with Crippen molar-refractivity contribution in [3.63, 3.8) is 0 Å². The number of amides is 1. The van der Waals surface area contributed by atoms with Gasteiger partial charge in [-0.25, -0.2) is 17.7 Å². The minimum absolute atomic E-state index is 0.158. The lowest BCUT2D eigenvalue weighted by atomic mass is 10.2. The van der Waals surface area contributed by atoms with Gasteiger partial charge >= 0.3 is 0 Å². The van der Waals surface area contributed by atoms with Crippen molar-refractivity contribution in [3.8, 4) is 5.75 Å². The van der Waals surface area contributed by atoms with Gasteiger partial charge in [-0.1, -0.05) is 6.92 Å². The number of carbonyl (C=O) groups excluding carboxylic acids is 1. The van der Waals surface area contributed by atoms with Crippen LogP contribution in [0.1, 0.15) is 26.1 Å². The first-order valence-electron chi connectivity index (χ1n) is 10.3. The third-order valence-corrected chi connectivity index (χ3v) is 6.79. The highest BCUT2D eigenvalue weighted by Crippen LogP contribution is 2.29. The minimum atomic E-state index is -3.55. The number of nitrogens with zero attached hydrogens (tertiary/aromatic N) is 3. The van der Waals surface area contributed by atoms with Crippen molar-refractivity contribution in [2.45, 2.75) is 38.3 Å². The summed E-state index contributed by atoms with van der Waals surface area (Å²) in [5.74, 6) is 1.25. The van der Waals surface area contributed by atoms with Crippen LogP contribution in [0.25, 0.3) is 11.0 Å². The van der Waals surface area contributed by atoms with Crippen molar-refractivity contribution in [1.82, 2.24) is 13.9 Å². The fourth-order valence-corrected chi connectivity index (χ4v) is 4.36. The monoisotopic (exact) mass is 459 g/mol. The zero-order chi connectivity index (χ0) is 23.5. The smallest absolute Gasteiger partial charge is 0.242 e. The maximum atomic E-state index is 12.5. The van der Waals surface area contributed by atoms with Gasteiger partial charge in [0.15, 0.2) is 0 Å². The zero-order valence-electron chi connectivity index (χ0n) is 19.0. The van der Waals surface area contributed by atoms with Crippen LogP contribution in [0.15, 0.2) is 41.3 Å². The molecule has 32 heavy (non-hydrogen) atoms. The number of aromatic nitrogens is 2. The second-order valence-corrected chi connectivity index (χ2v) is 9.72. The van der Waals surface area contributed by atoms with Crippen molar-refractivity contribution in [2.24, 2.45) is 0 Å². The van der Waals surface area contributed by atoms with Gasteiger partial charge in [0, 0.05) is 33.3 Å². The number of methoxy groups -OCH3 is 1. The van der Waals surface area contributed by atoms with Gasteiger partial charge in [-0.15, -0.1) is 0 Å². The molecule has 0 aliphatic heterocycles. The minimum Gasteiger partial charge on any atom is -0.495 e. The van der Waals surface area contributed by atoms with Crippen LogP contribution >= 0.6 is 0 Å². The average molecular weight is 460 g/mol. The van der Waals surface area contributed by atoms with Gasteiger partial charge in [-0.2, -0.15) is 0 Å². The number of aryl methyl sites for hydroxylation is 1. The van der Waals surface area contributed by atoms with E-state index >= 15 is 0 Å². The second kappa shape index (κ2) is 9.58. The molecule has 2 N–H and O–H groups in total. The van der Waals surface area contributed by atoms with Crippen molar-refractivity contribution in [1.29, 1.82) is 0 Å². The molecule has 3 aromatic rings. The Morgan fingerprint density at radius 2 is 1.94 bits per heavy atom. The lowest BCUT2D eigenvalue weighted by Gasteiger charge is -2.14. The van der Waals surface area contributed by atoms with Crippen LogP contribution in [0, 0.1) is 0 Å². The van der Waals surface area contributed by atoms with Gasteiger partial charge in [0.25, 0.3) is 0 Å². The Morgan fingerprint density at radius 1 is 1.19 bits per heavy atom. The molecule has 0 unspecified atom stereocenters. The molecule has 0 fully saturated rings. The van der Waals surface area contributed by atoms with Crippen LogP contribution in [0.4, 0.5) is 11.4 Å². The van der Waals surface area contributed by atoms with Gasteiger partial charge < -0.3 is 19.9 Å². The molecule has 1 heterocycles. The van der Waals surface area contributed by atoms with Gasteiger partial charge in [-0.05, 0) is 42.8 Å². The number of nitrogens with one attached hydrogen (secondary N) is 2. The van der Waals surface area contributed by atoms with Crippen LogP contribution in [-0.2, 0) is 27.9 Å². The fraction of sp³-hybridized carbons (Fsp3) is 0.364. The molecule has 0 saturated heterocycles. The van der Waals surface area contributed by atoms with Gasteiger partial charge in [0.1, 0.15) is 11.6 Å². The summed E-state index contributed by atoms with van der Waals surface area (Å²) < 4.78 is 33.7. The molecular weight excluding hydrogens is 430 g/mol. The predicted molar refractivity (Wildman–Crippen MR) is 126 cm³/mol. The summed E-state index contributed by atoms with van der Waals surface area (Å²) in [6.07, 6.45) is 0.900. The first kappa shape index (κ1) is 23.6. The number of hydrogen-bond acceptors (Lipinski definition) is 6. The first-order chi connectivity index (χ1) is 15.2. The number of anilines is 2. The molecule has 172 valence electrons. The third kappa shape index (κ3) is 4.86. The van der Waals surface area contributed by atoms with E-state index in [9.17, 15) is 13.2 Å². The highest BCUT2D eigenvalue weighted by Gasteiger charge is 2.20. The molecule has 0 bridgehead atoms. The molecule has 0 radical (unpaired) electrons. The van der Waals surface area contributed by atoms with E-state index in [2.05, 4.69) is 22.1 Å². The van der Waals surface area contributed by atoms with Crippen LogP contribution in [0.3, 0.4) is 0 Å². The van der Waals surface area contributed by atoms with Crippen LogP contribution in [-0.4, -0.2) is 49.4 Å². The molecule has 0 aliphatic rings. The topological polar surface area (TPSA) is 106 Å². The van der Waals surface area contributed by atoms with Gasteiger partial charge in [0.2, 0.25) is 15.9 Å². The number of ether oxygens (including phenoxy) is 1. The van der Waals surface area contributed by atoms with Crippen LogP contribution in [0.5, 0.6) is 5.75 Å². The Bertz CT molecular complexity index is 1230. The first-order valence-corrected chi connectivity index (χ1v) is 11.7. The maximum absolute atomic E-state index is 12.5. The van der Waals surface area contributed by atoms with Gasteiger partial charge in [0.05, 0.1) is 35.3 Å². The van der Waals surface area contributed by atoms with E-state index in [1.54, 1.807) is 43.5 Å². The molecule has 0 spiro atoms. The van der Waals surface area contributed by atoms with E-state index in [0.717, 1.165) is 24.3 Å². The van der Waals surface area contributed by atoms with Crippen molar-refractivity contribution in [2.75, 3.05) is 31.8 Å². The van der Waals surface area contributed by atoms with E-state index < -0.39 is 10.0 Å². The number of imidazole rings is 1. The molecule has 1 amide bonds. The Kier molecular flexibility index (Phi) is 7.05. The molecule has 10 heteroatoms. The standard InChI is InChI=1S/C22H29N5O4S/c1-6-11-27-20-9-8-17(32(29,30)26(3)4)13-18(20)25-22(27)14-23-19-12-16(24-15(2)28)7-10-21(19)31-5/h7-10,12-13,23H,6,11,14H2,1-5H3,(H,24,28). The van der Waals surface area contributed by atoms with Crippen molar-refractivity contribution in [3.05, 3.63) is 42.2 Å². The Hall–Kier alpha value is -3.11. The highest BCUT2D eigenvalue weighted by atomic mass is 32.2. The second-order valence-electron chi connectivity index (χ2n) is 7.57. The third-order valence-electron chi connectivity index (χ3n) is 4.98. The highest BCUT2D eigenvalue weighted by molar-refractivity contribution is 7.89. The molecular formula is C22H29N5O4S. The number of sulfonamides is 1. The maximum Gasteiger partial charge on any atom is 0.242 e. The summed E-state index contributed by atoms with van der Waals surface area (Å²) in [6, 6.07) is 10.4. The number of benzene rings is 2. The van der Waals surface area contributed by atoms with Crippen molar-refractivity contribution < 1.29 is 17.9 Å². The zero-order valence-corrected chi connectivity index (χ0v) is 19.8. The summed E-state index contributed by atoms with van der Waals surface area (Å²) in [5, 5.41) is 6.09. The molecule has 2 aromatic carbocycles.